The first-order chi connectivity index (χ1) is 16.1. The zero-order valence-corrected chi connectivity index (χ0v) is 19.9. The summed E-state index contributed by atoms with van der Waals surface area (Å²) in [7, 11) is 0. The van der Waals surface area contributed by atoms with Gasteiger partial charge in [-0.05, 0) is 47.6 Å². The highest BCUT2D eigenvalue weighted by atomic mass is 32.2. The van der Waals surface area contributed by atoms with Crippen molar-refractivity contribution >= 4 is 35.2 Å². The quantitative estimate of drug-likeness (QED) is 0.592. The van der Waals surface area contributed by atoms with Gasteiger partial charge in [-0.25, -0.2) is 19.2 Å². The second kappa shape index (κ2) is 10.8. The summed E-state index contributed by atoms with van der Waals surface area (Å²) in [5.41, 5.74) is 1.46. The van der Waals surface area contributed by atoms with Crippen LogP contribution in [0.15, 0.2) is 60.0 Å². The fraction of sp³-hybridized carbons (Fsp3) is 0.320. The summed E-state index contributed by atoms with van der Waals surface area (Å²) >= 11 is 1.29. The number of carboxylic acids is 1. The molecule has 0 aromatic heterocycles. The molecule has 9 heteroatoms. The van der Waals surface area contributed by atoms with Gasteiger partial charge in [-0.3, -0.25) is 9.59 Å². The topological polar surface area (TPSA) is 98.2 Å². The van der Waals surface area contributed by atoms with E-state index in [-0.39, 0.29) is 12.3 Å². The number of aliphatic carboxylic acids is 1. The molecule has 180 valence electrons. The molecule has 0 fully saturated rings. The molecular formula is C25H27FN2O5S. The molecule has 0 bridgehead atoms. The van der Waals surface area contributed by atoms with Crippen LogP contribution in [0.2, 0.25) is 0 Å². The van der Waals surface area contributed by atoms with Crippen LogP contribution in [0.4, 0.5) is 4.39 Å². The Balaban J connectivity index is 2.16. The number of carbonyl (C=O) groups excluding carboxylic acids is 2. The zero-order valence-electron chi connectivity index (χ0n) is 19.1. The standard InChI is InChI=1S/C25H27FN2O5S/c1-15(2)23-24(31)28(21(14-34-23)18-9-11-19(26)12-10-18)27(16(3)29)20(22(30)25(32)33)13-17-7-5-4-6-8-17/h4-12,14-15,20,22-23,30H,13H2,1-3H3,(H,32,33)/t20-,22?,23?/m0/s1. The second-order valence-electron chi connectivity index (χ2n) is 8.36. The van der Waals surface area contributed by atoms with Crippen LogP contribution in [0, 0.1) is 11.7 Å². The van der Waals surface area contributed by atoms with Crippen molar-refractivity contribution in [3.8, 4) is 0 Å². The van der Waals surface area contributed by atoms with Crippen molar-refractivity contribution < 1.29 is 29.0 Å². The Hall–Kier alpha value is -3.17. The number of carbonyl (C=O) groups is 3. The highest BCUT2D eigenvalue weighted by molar-refractivity contribution is 8.03. The molecule has 0 aliphatic carbocycles. The summed E-state index contributed by atoms with van der Waals surface area (Å²) < 4.78 is 13.6. The number of hydrazine groups is 1. The van der Waals surface area contributed by atoms with Gasteiger partial charge >= 0.3 is 5.97 Å². The molecule has 1 aliphatic rings. The lowest BCUT2D eigenvalue weighted by Crippen LogP contribution is -2.61. The van der Waals surface area contributed by atoms with Crippen molar-refractivity contribution in [3.63, 3.8) is 0 Å². The van der Waals surface area contributed by atoms with Gasteiger partial charge in [-0.15, -0.1) is 11.8 Å². The van der Waals surface area contributed by atoms with Gasteiger partial charge in [-0.1, -0.05) is 44.2 Å². The van der Waals surface area contributed by atoms with E-state index in [0.29, 0.717) is 16.8 Å². The molecule has 2 aromatic carbocycles. The Kier molecular flexibility index (Phi) is 8.11. The lowest BCUT2D eigenvalue weighted by Gasteiger charge is -2.45. The zero-order chi connectivity index (χ0) is 25.0. The summed E-state index contributed by atoms with van der Waals surface area (Å²) in [5.74, 6) is -3.10. The Labute approximate surface area is 201 Å². The Bertz CT molecular complexity index is 1070. The molecular weight excluding hydrogens is 459 g/mol. The van der Waals surface area contributed by atoms with Crippen LogP contribution in [-0.2, 0) is 20.8 Å². The molecule has 0 saturated carbocycles. The molecule has 3 rings (SSSR count). The minimum absolute atomic E-state index is 0.00610. The molecule has 2 aromatic rings. The Morgan fingerprint density at radius 2 is 1.74 bits per heavy atom. The van der Waals surface area contributed by atoms with Gasteiger partial charge < -0.3 is 10.2 Å². The summed E-state index contributed by atoms with van der Waals surface area (Å²) in [6.07, 6.45) is -1.97. The van der Waals surface area contributed by atoms with Crippen LogP contribution < -0.4 is 0 Å². The predicted octanol–water partition coefficient (Wildman–Crippen LogP) is 3.54. The Morgan fingerprint density at radius 1 is 1.12 bits per heavy atom. The number of aliphatic hydroxyl groups excluding tert-OH is 1. The SMILES string of the molecule is CC(=O)N([C@@H](Cc1ccccc1)C(O)C(=O)O)N1C(=O)C(C(C)C)SC=C1c1ccc(F)cc1. The van der Waals surface area contributed by atoms with E-state index >= 15 is 0 Å². The van der Waals surface area contributed by atoms with Gasteiger partial charge in [0.05, 0.1) is 17.0 Å². The molecule has 1 heterocycles. The van der Waals surface area contributed by atoms with Crippen LogP contribution in [0.1, 0.15) is 31.9 Å². The largest absolute Gasteiger partial charge is 0.479 e. The summed E-state index contributed by atoms with van der Waals surface area (Å²) in [5, 5.41) is 23.6. The summed E-state index contributed by atoms with van der Waals surface area (Å²) in [6, 6.07) is 13.0. The first kappa shape index (κ1) is 25.5. The number of hydrogen-bond donors (Lipinski definition) is 2. The van der Waals surface area contributed by atoms with Gasteiger partial charge in [0.15, 0.2) is 6.10 Å². The van der Waals surface area contributed by atoms with Crippen LogP contribution in [0.5, 0.6) is 0 Å². The van der Waals surface area contributed by atoms with E-state index in [0.717, 1.165) is 10.0 Å². The fourth-order valence-electron chi connectivity index (χ4n) is 3.84. The number of benzene rings is 2. The number of carboxylic acid groups (broad SMARTS) is 1. The van der Waals surface area contributed by atoms with Crippen LogP contribution in [-0.4, -0.2) is 55.4 Å². The molecule has 1 aliphatic heterocycles. The summed E-state index contributed by atoms with van der Waals surface area (Å²) in [4.78, 5) is 38.5. The average molecular weight is 487 g/mol. The van der Waals surface area contributed by atoms with Gasteiger partial charge in [0.2, 0.25) is 5.91 Å². The van der Waals surface area contributed by atoms with E-state index in [1.54, 1.807) is 35.7 Å². The number of nitrogens with zero attached hydrogens (tertiary/aromatic N) is 2. The van der Waals surface area contributed by atoms with Crippen molar-refractivity contribution in [2.75, 3.05) is 0 Å². The van der Waals surface area contributed by atoms with E-state index in [1.807, 2.05) is 13.8 Å². The molecule has 0 spiro atoms. The van der Waals surface area contributed by atoms with E-state index in [9.17, 15) is 29.0 Å². The molecule has 34 heavy (non-hydrogen) atoms. The minimum Gasteiger partial charge on any atom is -0.479 e. The Morgan fingerprint density at radius 3 is 2.26 bits per heavy atom. The van der Waals surface area contributed by atoms with Crippen molar-refractivity contribution in [3.05, 3.63) is 76.9 Å². The number of rotatable bonds is 8. The normalized spacial score (nSPS) is 17.8. The highest BCUT2D eigenvalue weighted by Gasteiger charge is 2.44. The molecule has 0 radical (unpaired) electrons. The maximum atomic E-state index is 13.7. The molecule has 3 atom stereocenters. The fourth-order valence-corrected chi connectivity index (χ4v) is 4.88. The first-order valence-electron chi connectivity index (χ1n) is 10.8. The number of aliphatic hydroxyl groups is 1. The summed E-state index contributed by atoms with van der Waals surface area (Å²) in [6.45, 7) is 4.96. The third kappa shape index (κ3) is 5.48. The predicted molar refractivity (Wildman–Crippen MR) is 128 cm³/mol. The lowest BCUT2D eigenvalue weighted by atomic mass is 10.00. The molecule has 2 N–H and O–H groups in total. The first-order valence-corrected chi connectivity index (χ1v) is 11.8. The smallest absolute Gasteiger partial charge is 0.334 e. The van der Waals surface area contributed by atoms with Crippen molar-refractivity contribution in [2.24, 2.45) is 5.92 Å². The minimum atomic E-state index is -1.96. The van der Waals surface area contributed by atoms with Crippen molar-refractivity contribution in [1.29, 1.82) is 0 Å². The van der Waals surface area contributed by atoms with Gasteiger partial charge in [-0.2, -0.15) is 0 Å². The lowest BCUT2D eigenvalue weighted by molar-refractivity contribution is -0.170. The molecule has 2 amide bonds. The van der Waals surface area contributed by atoms with Crippen molar-refractivity contribution in [1.82, 2.24) is 10.0 Å². The van der Waals surface area contributed by atoms with Gasteiger partial charge in [0.25, 0.3) is 5.91 Å². The van der Waals surface area contributed by atoms with Crippen LogP contribution >= 0.6 is 11.8 Å². The van der Waals surface area contributed by atoms with E-state index in [4.69, 9.17) is 0 Å². The maximum absolute atomic E-state index is 13.7. The third-order valence-electron chi connectivity index (χ3n) is 5.51. The molecule has 0 saturated heterocycles. The van der Waals surface area contributed by atoms with E-state index in [2.05, 4.69) is 0 Å². The van der Waals surface area contributed by atoms with E-state index in [1.165, 1.54) is 43.0 Å². The number of hydrogen-bond acceptors (Lipinski definition) is 5. The molecule has 7 nitrogen and oxygen atoms in total. The second-order valence-corrected chi connectivity index (χ2v) is 9.38. The monoisotopic (exact) mass is 486 g/mol. The number of halogens is 1. The van der Waals surface area contributed by atoms with Crippen molar-refractivity contribution in [2.45, 2.75) is 44.6 Å². The van der Waals surface area contributed by atoms with Crippen LogP contribution in [0.25, 0.3) is 5.70 Å². The highest BCUT2D eigenvalue weighted by Crippen LogP contribution is 2.37. The maximum Gasteiger partial charge on any atom is 0.334 e. The van der Waals surface area contributed by atoms with Gasteiger partial charge in [0.1, 0.15) is 5.82 Å². The number of thioether (sulfide) groups is 1. The number of amides is 2. The molecule has 2 unspecified atom stereocenters. The third-order valence-corrected chi connectivity index (χ3v) is 6.91. The van der Waals surface area contributed by atoms with E-state index < -0.39 is 41.0 Å². The van der Waals surface area contributed by atoms with Gasteiger partial charge in [0, 0.05) is 12.5 Å². The van der Waals surface area contributed by atoms with Crippen LogP contribution in [0.3, 0.4) is 0 Å². The average Bonchev–Trinajstić information content (AvgIpc) is 2.79.